The van der Waals surface area contributed by atoms with Gasteiger partial charge in [-0.1, -0.05) is 30.3 Å². The van der Waals surface area contributed by atoms with Crippen molar-refractivity contribution in [2.75, 3.05) is 26.3 Å². The highest BCUT2D eigenvalue weighted by atomic mass is 16.5. The van der Waals surface area contributed by atoms with E-state index >= 15 is 0 Å². The van der Waals surface area contributed by atoms with E-state index in [1.54, 1.807) is 17.8 Å². The number of rotatable bonds is 4. The highest BCUT2D eigenvalue weighted by Crippen LogP contribution is 2.48. The van der Waals surface area contributed by atoms with E-state index in [2.05, 4.69) is 0 Å². The number of hydrogen-bond donors (Lipinski definition) is 0. The van der Waals surface area contributed by atoms with Crippen LogP contribution in [0.15, 0.2) is 47.4 Å². The fraction of sp³-hybridized carbons (Fsp3) is 0.478. The number of likely N-dealkylation sites (tertiary alicyclic amines) is 1. The Morgan fingerprint density at radius 2 is 1.93 bits per heavy atom. The minimum absolute atomic E-state index is 0.113. The molecule has 0 spiro atoms. The van der Waals surface area contributed by atoms with Gasteiger partial charge in [0.1, 0.15) is 6.61 Å². The Morgan fingerprint density at radius 3 is 2.76 bits per heavy atom. The number of carbonyl (C=O) groups is 1. The number of carbonyl (C=O) groups excluding carboxylic acids is 1. The number of nitrogens with zero attached hydrogens (tertiary/aromatic N) is 2. The van der Waals surface area contributed by atoms with Crippen molar-refractivity contribution in [2.45, 2.75) is 13.0 Å². The van der Waals surface area contributed by atoms with Gasteiger partial charge in [0.25, 0.3) is 5.91 Å². The highest BCUT2D eigenvalue weighted by Gasteiger charge is 2.51. The standard InChI is InChI=1S/C23H26N2O4/c1-24-8-7-20(26)22(29-12-15-5-3-2-4-6-15)21(24)23(27)25-10-16-9-17-13-28-14-19(17)18(16)11-25/h2-8,16-19H,9-14H2,1H3/t16-,17+,18+,19-/m0/s1. The minimum atomic E-state index is -0.258. The van der Waals surface area contributed by atoms with Crippen LogP contribution in [-0.2, 0) is 18.4 Å². The molecule has 3 heterocycles. The summed E-state index contributed by atoms with van der Waals surface area (Å²) in [6, 6.07) is 11.1. The lowest BCUT2D eigenvalue weighted by molar-refractivity contribution is 0.0757. The average Bonchev–Trinajstić information content (AvgIpc) is 3.41. The fourth-order valence-corrected chi connectivity index (χ4v) is 5.39. The van der Waals surface area contributed by atoms with Crippen molar-refractivity contribution in [3.63, 3.8) is 0 Å². The molecule has 1 aromatic carbocycles. The second-order valence-corrected chi connectivity index (χ2v) is 8.57. The largest absolute Gasteiger partial charge is 0.483 e. The van der Waals surface area contributed by atoms with Crippen LogP contribution in [-0.4, -0.2) is 41.7 Å². The zero-order valence-corrected chi connectivity index (χ0v) is 16.6. The van der Waals surface area contributed by atoms with Crippen LogP contribution in [0.3, 0.4) is 0 Å². The van der Waals surface area contributed by atoms with Gasteiger partial charge in [-0.05, 0) is 35.7 Å². The lowest BCUT2D eigenvalue weighted by Crippen LogP contribution is -2.34. The van der Waals surface area contributed by atoms with Crippen molar-refractivity contribution >= 4 is 5.91 Å². The molecule has 2 aliphatic heterocycles. The summed E-state index contributed by atoms with van der Waals surface area (Å²) < 4.78 is 13.2. The lowest BCUT2D eigenvalue weighted by atomic mass is 9.91. The van der Waals surface area contributed by atoms with Crippen molar-refractivity contribution in [1.29, 1.82) is 0 Å². The number of pyridine rings is 1. The molecule has 0 bridgehead atoms. The number of aryl methyl sites for hydroxylation is 1. The third-order valence-corrected chi connectivity index (χ3v) is 6.85. The van der Waals surface area contributed by atoms with Gasteiger partial charge in [-0.3, -0.25) is 9.59 Å². The normalized spacial score (nSPS) is 27.7. The van der Waals surface area contributed by atoms with Gasteiger partial charge in [0.2, 0.25) is 5.43 Å². The van der Waals surface area contributed by atoms with E-state index < -0.39 is 0 Å². The summed E-state index contributed by atoms with van der Waals surface area (Å²) in [6.45, 7) is 3.46. The van der Waals surface area contributed by atoms with Gasteiger partial charge in [0.05, 0.1) is 6.61 Å². The van der Waals surface area contributed by atoms with Crippen molar-refractivity contribution in [3.8, 4) is 5.75 Å². The van der Waals surface area contributed by atoms with Crippen LogP contribution in [0.25, 0.3) is 0 Å². The van der Waals surface area contributed by atoms with Crippen LogP contribution in [0.4, 0.5) is 0 Å². The molecule has 0 radical (unpaired) electrons. The molecule has 1 saturated carbocycles. The van der Waals surface area contributed by atoms with Crippen molar-refractivity contribution < 1.29 is 14.3 Å². The Kier molecular flexibility index (Phi) is 4.66. The average molecular weight is 394 g/mol. The molecule has 1 amide bonds. The SMILES string of the molecule is Cn1ccc(=O)c(OCc2ccccc2)c1C(=O)N1C[C@@H]2C[C@@H]3COC[C@@H]3[C@@H]2C1. The summed E-state index contributed by atoms with van der Waals surface area (Å²) in [5, 5.41) is 0. The molecule has 6 nitrogen and oxygen atoms in total. The first-order valence-electron chi connectivity index (χ1n) is 10.3. The second kappa shape index (κ2) is 7.34. The summed E-state index contributed by atoms with van der Waals surface area (Å²) in [4.78, 5) is 27.9. The first-order chi connectivity index (χ1) is 14.1. The molecule has 2 aromatic rings. The van der Waals surface area contributed by atoms with Crippen LogP contribution < -0.4 is 10.2 Å². The maximum absolute atomic E-state index is 13.4. The molecular formula is C23H26N2O4. The van der Waals surface area contributed by atoms with Crippen molar-refractivity contribution in [1.82, 2.24) is 9.47 Å². The number of ether oxygens (including phenoxy) is 2. The summed E-state index contributed by atoms with van der Waals surface area (Å²) in [5.41, 5.74) is 1.04. The van der Waals surface area contributed by atoms with E-state index in [1.807, 2.05) is 35.2 Å². The Balaban J connectivity index is 1.38. The van der Waals surface area contributed by atoms with Crippen LogP contribution in [0, 0.1) is 23.7 Å². The van der Waals surface area contributed by atoms with Gasteiger partial charge in [-0.15, -0.1) is 0 Å². The predicted octanol–water partition coefficient (Wildman–Crippen LogP) is 2.32. The maximum Gasteiger partial charge on any atom is 0.274 e. The van der Waals surface area contributed by atoms with E-state index in [1.165, 1.54) is 6.07 Å². The predicted molar refractivity (Wildman–Crippen MR) is 108 cm³/mol. The Morgan fingerprint density at radius 1 is 1.10 bits per heavy atom. The third-order valence-electron chi connectivity index (χ3n) is 6.85. The Bertz CT molecular complexity index is 971. The number of aromatic nitrogens is 1. The van der Waals surface area contributed by atoms with Crippen molar-refractivity contribution in [2.24, 2.45) is 30.7 Å². The number of hydrogen-bond acceptors (Lipinski definition) is 4. The van der Waals surface area contributed by atoms with Crippen LogP contribution >= 0.6 is 0 Å². The van der Waals surface area contributed by atoms with Crippen LogP contribution in [0.5, 0.6) is 5.75 Å². The van der Waals surface area contributed by atoms with E-state index in [-0.39, 0.29) is 23.7 Å². The summed E-state index contributed by atoms with van der Waals surface area (Å²) >= 11 is 0. The highest BCUT2D eigenvalue weighted by molar-refractivity contribution is 5.95. The fourth-order valence-electron chi connectivity index (χ4n) is 5.39. The van der Waals surface area contributed by atoms with Crippen LogP contribution in [0.2, 0.25) is 0 Å². The molecule has 4 atom stereocenters. The molecule has 1 aromatic heterocycles. The Labute approximate surface area is 170 Å². The van der Waals surface area contributed by atoms with Gasteiger partial charge in [-0.2, -0.15) is 0 Å². The summed E-state index contributed by atoms with van der Waals surface area (Å²) in [5.74, 6) is 2.33. The second-order valence-electron chi connectivity index (χ2n) is 8.57. The first kappa shape index (κ1) is 18.4. The molecule has 6 heteroatoms. The third kappa shape index (κ3) is 3.25. The summed E-state index contributed by atoms with van der Waals surface area (Å²) in [6.07, 6.45) is 2.78. The quantitative estimate of drug-likeness (QED) is 0.799. The maximum atomic E-state index is 13.4. The first-order valence-corrected chi connectivity index (χ1v) is 10.3. The van der Waals surface area contributed by atoms with Gasteiger partial charge in [0.15, 0.2) is 11.4 Å². The van der Waals surface area contributed by atoms with E-state index in [4.69, 9.17) is 9.47 Å². The van der Waals surface area contributed by atoms with E-state index in [0.717, 1.165) is 38.3 Å². The molecule has 152 valence electrons. The Hall–Kier alpha value is -2.60. The molecule has 5 rings (SSSR count). The van der Waals surface area contributed by atoms with Gasteiger partial charge in [0, 0.05) is 39.0 Å². The van der Waals surface area contributed by atoms with Crippen molar-refractivity contribution in [3.05, 3.63) is 64.1 Å². The number of fused-ring (bicyclic) bond motifs is 3. The zero-order valence-electron chi connectivity index (χ0n) is 16.6. The zero-order chi connectivity index (χ0) is 20.0. The molecule has 0 N–H and O–H groups in total. The topological polar surface area (TPSA) is 60.8 Å². The minimum Gasteiger partial charge on any atom is -0.483 e. The molecule has 2 saturated heterocycles. The molecule has 3 fully saturated rings. The number of benzene rings is 1. The smallest absolute Gasteiger partial charge is 0.274 e. The number of amides is 1. The van der Waals surface area contributed by atoms with E-state index in [0.29, 0.717) is 29.4 Å². The lowest BCUT2D eigenvalue weighted by Gasteiger charge is -2.22. The molecule has 1 aliphatic carbocycles. The molecule has 3 aliphatic rings. The summed E-state index contributed by atoms with van der Waals surface area (Å²) in [7, 11) is 1.79. The monoisotopic (exact) mass is 394 g/mol. The van der Waals surface area contributed by atoms with Gasteiger partial charge < -0.3 is 18.9 Å². The van der Waals surface area contributed by atoms with E-state index in [9.17, 15) is 9.59 Å². The molecule has 29 heavy (non-hydrogen) atoms. The molecule has 0 unspecified atom stereocenters. The molecular weight excluding hydrogens is 368 g/mol. The van der Waals surface area contributed by atoms with Crippen LogP contribution in [0.1, 0.15) is 22.5 Å². The van der Waals surface area contributed by atoms with Gasteiger partial charge >= 0.3 is 0 Å². The van der Waals surface area contributed by atoms with Gasteiger partial charge in [-0.25, -0.2) is 0 Å².